The molecule has 0 atom stereocenters. The minimum atomic E-state index is -3.33. The molecule has 0 spiro atoms. The minimum absolute atomic E-state index is 0.187. The van der Waals surface area contributed by atoms with Gasteiger partial charge in [-0.2, -0.15) is 0 Å². The molecule has 3 rings (SSSR count). The van der Waals surface area contributed by atoms with E-state index in [1.165, 1.54) is 0 Å². The van der Waals surface area contributed by atoms with Crippen molar-refractivity contribution in [3.05, 3.63) is 55.2 Å². The van der Waals surface area contributed by atoms with Crippen LogP contribution in [0.3, 0.4) is 0 Å². The van der Waals surface area contributed by atoms with Gasteiger partial charge < -0.3 is 0 Å². The van der Waals surface area contributed by atoms with Gasteiger partial charge in [0.15, 0.2) is 0 Å². The molecule has 0 aromatic carbocycles. The molecular formula is C19H22GeO5. The molecule has 0 fully saturated rings. The van der Waals surface area contributed by atoms with Gasteiger partial charge in [0, 0.05) is 0 Å². The van der Waals surface area contributed by atoms with Crippen molar-refractivity contribution in [2.24, 2.45) is 0 Å². The Labute approximate surface area is 149 Å². The fourth-order valence-electron chi connectivity index (χ4n) is 2.99. The third-order valence-corrected chi connectivity index (χ3v) is 13.5. The number of carbonyl (C=O) groups is 1. The Hall–Kier alpha value is -2.15. The van der Waals surface area contributed by atoms with Gasteiger partial charge in [-0.3, -0.25) is 0 Å². The van der Waals surface area contributed by atoms with E-state index < -0.39 is 13.3 Å². The van der Waals surface area contributed by atoms with Crippen LogP contribution in [0.2, 0.25) is 5.25 Å². The van der Waals surface area contributed by atoms with Crippen LogP contribution in [0.5, 0.6) is 0 Å². The number of furan rings is 3. The molecule has 5 nitrogen and oxygen atoms in total. The second kappa shape index (κ2) is 8.29. The Morgan fingerprint density at radius 1 is 0.960 bits per heavy atom. The van der Waals surface area contributed by atoms with Crippen molar-refractivity contribution in [3.8, 4) is 0 Å². The average Bonchev–Trinajstić information content (AvgIpc) is 3.39. The first kappa shape index (κ1) is 17.7. The zero-order valence-electron chi connectivity index (χ0n) is 14.3. The van der Waals surface area contributed by atoms with E-state index in [-0.39, 0.29) is 5.97 Å². The number of hydrogen-bond acceptors (Lipinski definition) is 5. The fraction of sp³-hybridized carbons (Fsp3) is 0.316. The van der Waals surface area contributed by atoms with Crippen molar-refractivity contribution in [3.63, 3.8) is 0 Å². The average molecular weight is 403 g/mol. The van der Waals surface area contributed by atoms with Crippen molar-refractivity contribution in [1.82, 2.24) is 0 Å². The van der Waals surface area contributed by atoms with Gasteiger partial charge in [-0.1, -0.05) is 0 Å². The van der Waals surface area contributed by atoms with Gasteiger partial charge in [-0.15, -0.1) is 0 Å². The molecule has 0 bridgehead atoms. The molecule has 0 aliphatic heterocycles. The van der Waals surface area contributed by atoms with Crippen molar-refractivity contribution in [2.45, 2.75) is 31.4 Å². The fourth-order valence-corrected chi connectivity index (χ4v) is 11.4. The van der Waals surface area contributed by atoms with E-state index in [9.17, 15) is 4.79 Å². The number of unbranched alkanes of at least 4 members (excludes halogenated alkanes) is 1. The molecule has 0 unspecified atom stereocenters. The summed E-state index contributed by atoms with van der Waals surface area (Å²) in [6.45, 7) is 2.54. The quantitative estimate of drug-likeness (QED) is 0.313. The van der Waals surface area contributed by atoms with Crippen LogP contribution in [0.15, 0.2) is 68.4 Å². The Bertz CT molecular complexity index is 660. The summed E-state index contributed by atoms with van der Waals surface area (Å²) in [6.07, 6.45) is 7.15. The van der Waals surface area contributed by atoms with E-state index in [1.807, 2.05) is 36.4 Å². The van der Waals surface area contributed by atoms with Gasteiger partial charge in [0.05, 0.1) is 0 Å². The van der Waals surface area contributed by atoms with Crippen molar-refractivity contribution >= 4 is 33.0 Å². The molecule has 3 aromatic rings. The predicted molar refractivity (Wildman–Crippen MR) is 96.1 cm³/mol. The van der Waals surface area contributed by atoms with Gasteiger partial charge in [0.1, 0.15) is 0 Å². The molecule has 3 heterocycles. The van der Waals surface area contributed by atoms with Gasteiger partial charge in [0.2, 0.25) is 0 Å². The number of esters is 1. The summed E-state index contributed by atoms with van der Waals surface area (Å²) in [4.78, 5) is 12.2. The van der Waals surface area contributed by atoms with Crippen molar-refractivity contribution in [1.29, 1.82) is 0 Å². The molecule has 0 N–H and O–H groups in total. The Morgan fingerprint density at radius 2 is 1.48 bits per heavy atom. The summed E-state index contributed by atoms with van der Waals surface area (Å²) in [7, 11) is 0. The summed E-state index contributed by atoms with van der Waals surface area (Å²) in [5.41, 5.74) is 0. The van der Waals surface area contributed by atoms with Crippen molar-refractivity contribution in [2.75, 3.05) is 6.61 Å². The summed E-state index contributed by atoms with van der Waals surface area (Å²) >= 11 is -3.33. The van der Waals surface area contributed by atoms with Crippen LogP contribution < -0.4 is 13.8 Å². The Balaban J connectivity index is 1.91. The molecule has 0 radical (unpaired) electrons. The second-order valence-electron chi connectivity index (χ2n) is 5.91. The van der Waals surface area contributed by atoms with Crippen LogP contribution >= 0.6 is 0 Å². The maximum absolute atomic E-state index is 12.2. The summed E-state index contributed by atoms with van der Waals surface area (Å²) in [5.74, 6) is -0.187. The van der Waals surface area contributed by atoms with E-state index >= 15 is 0 Å². The molecule has 6 heteroatoms. The molecule has 25 heavy (non-hydrogen) atoms. The summed E-state index contributed by atoms with van der Waals surface area (Å²) < 4.78 is 25.3. The molecule has 0 saturated carbocycles. The number of rotatable bonds is 9. The number of ether oxygens (including phenoxy) is 1. The van der Waals surface area contributed by atoms with Gasteiger partial charge in [0.25, 0.3) is 0 Å². The first-order valence-electron chi connectivity index (χ1n) is 8.55. The monoisotopic (exact) mass is 404 g/mol. The molecular weight excluding hydrogens is 381 g/mol. The molecule has 0 aliphatic rings. The molecule has 0 amide bonds. The second-order valence-corrected chi connectivity index (χ2v) is 13.9. The zero-order valence-corrected chi connectivity index (χ0v) is 16.4. The molecule has 3 aromatic heterocycles. The van der Waals surface area contributed by atoms with Crippen LogP contribution in [0.4, 0.5) is 0 Å². The third kappa shape index (κ3) is 3.76. The first-order valence-corrected chi connectivity index (χ1v) is 13.2. The molecule has 132 valence electrons. The molecule has 0 saturated heterocycles. The summed E-state index contributed by atoms with van der Waals surface area (Å²) in [5, 5.41) is 0.611. The Kier molecular flexibility index (Phi) is 5.86. The normalized spacial score (nSPS) is 11.6. The van der Waals surface area contributed by atoms with Gasteiger partial charge in [-0.25, -0.2) is 0 Å². The van der Waals surface area contributed by atoms with E-state index in [0.717, 1.165) is 26.6 Å². The van der Waals surface area contributed by atoms with Crippen LogP contribution in [-0.4, -0.2) is 25.8 Å². The van der Waals surface area contributed by atoms with Crippen molar-refractivity contribution < 1.29 is 22.8 Å². The standard InChI is InChI=1S/C19H22GeO5/c1-2-3-12-25-19(21)10-11-20(16-7-4-13-22-16,17-8-5-14-23-17)18-9-6-15-24-18/h4-9,13-15H,2-3,10-12H2,1H3. The van der Waals surface area contributed by atoms with E-state index in [4.69, 9.17) is 18.0 Å². The Morgan fingerprint density at radius 3 is 1.88 bits per heavy atom. The van der Waals surface area contributed by atoms with Crippen LogP contribution in [-0.2, 0) is 9.53 Å². The number of carbonyl (C=O) groups excluding carboxylic acids is 1. The van der Waals surface area contributed by atoms with Crippen LogP contribution in [0, 0.1) is 0 Å². The zero-order chi connectivity index (χ0) is 17.5. The van der Waals surface area contributed by atoms with E-state index in [0.29, 0.717) is 18.3 Å². The van der Waals surface area contributed by atoms with Crippen LogP contribution in [0.25, 0.3) is 0 Å². The SMILES string of the molecule is CCCCOC(=O)C[CH2][Ge]([c]1ccco1)([c]1ccco1)[c]1ccco1. The van der Waals surface area contributed by atoms with Gasteiger partial charge >= 0.3 is 149 Å². The van der Waals surface area contributed by atoms with Gasteiger partial charge in [-0.05, 0) is 0 Å². The third-order valence-electron chi connectivity index (χ3n) is 4.29. The topological polar surface area (TPSA) is 65.7 Å². The first-order chi connectivity index (χ1) is 12.3. The molecule has 0 aliphatic carbocycles. The van der Waals surface area contributed by atoms with Crippen LogP contribution in [0.1, 0.15) is 26.2 Å². The van der Waals surface area contributed by atoms with E-state index in [2.05, 4.69) is 6.92 Å². The predicted octanol–water partition coefficient (Wildman–Crippen LogP) is 2.67. The van der Waals surface area contributed by atoms with E-state index in [1.54, 1.807) is 18.8 Å². The number of hydrogen-bond donors (Lipinski definition) is 0. The summed E-state index contributed by atoms with van der Waals surface area (Å²) in [6, 6.07) is 11.4. The maximum atomic E-state index is 12.2.